The van der Waals surface area contributed by atoms with Gasteiger partial charge < -0.3 is 21.5 Å². The number of carbonyl (C=O) groups excluding carboxylic acids is 1. The lowest BCUT2D eigenvalue weighted by molar-refractivity contribution is -0.135. The number of aliphatic hydroxyl groups is 1. The highest BCUT2D eigenvalue weighted by Crippen LogP contribution is 2.25. The van der Waals surface area contributed by atoms with Crippen molar-refractivity contribution in [1.82, 2.24) is 9.88 Å². The largest absolute Gasteiger partial charge is 0.388 e. The van der Waals surface area contributed by atoms with Crippen LogP contribution in [0.25, 0.3) is 0 Å². The third-order valence-electron chi connectivity index (χ3n) is 4.46. The first-order valence-electron chi connectivity index (χ1n) is 8.97. The van der Waals surface area contributed by atoms with Crippen LogP contribution >= 0.6 is 0 Å². The Morgan fingerprint density at radius 1 is 1.41 bits per heavy atom. The summed E-state index contributed by atoms with van der Waals surface area (Å²) < 4.78 is 26.5. The predicted molar refractivity (Wildman–Crippen MR) is 102 cm³/mol. The van der Waals surface area contributed by atoms with Crippen LogP contribution in [0, 0.1) is 5.92 Å². The molecule has 0 fully saturated rings. The summed E-state index contributed by atoms with van der Waals surface area (Å²) in [6, 6.07) is 2.65. The summed E-state index contributed by atoms with van der Waals surface area (Å²) in [5, 5.41) is 8.93. The minimum Gasteiger partial charge on any atom is -0.388 e. The first-order chi connectivity index (χ1) is 12.7. The van der Waals surface area contributed by atoms with Crippen molar-refractivity contribution in [1.29, 1.82) is 0 Å². The van der Waals surface area contributed by atoms with E-state index in [9.17, 15) is 18.3 Å². The molecule has 5 N–H and O–H groups in total. The number of rotatable bonds is 5. The van der Waals surface area contributed by atoms with E-state index < -0.39 is 39.3 Å². The number of hydrogen-bond acceptors (Lipinski definition) is 7. The normalized spacial score (nSPS) is 25.1. The second-order valence-corrected chi connectivity index (χ2v) is 9.15. The summed E-state index contributed by atoms with van der Waals surface area (Å²) in [6.07, 6.45) is 3.94. The molecule has 27 heavy (non-hydrogen) atoms. The fraction of sp³-hybridized carbons (Fsp3) is 0.556. The number of amides is 1. The SMILES string of the molecule is CC(C)C[C@H](N)C(=O)N1CCC=CC(N)C(O)C1S(=O)(=O)c1ccccn1. The van der Waals surface area contributed by atoms with Crippen molar-refractivity contribution in [2.45, 2.75) is 55.3 Å². The molecular weight excluding hydrogens is 368 g/mol. The lowest BCUT2D eigenvalue weighted by atomic mass is 10.0. The van der Waals surface area contributed by atoms with Crippen LogP contribution in [-0.4, -0.2) is 59.4 Å². The number of carbonyl (C=O) groups is 1. The van der Waals surface area contributed by atoms with E-state index in [1.807, 2.05) is 13.8 Å². The zero-order valence-corrected chi connectivity index (χ0v) is 16.4. The molecule has 0 saturated heterocycles. The van der Waals surface area contributed by atoms with Gasteiger partial charge >= 0.3 is 0 Å². The van der Waals surface area contributed by atoms with E-state index >= 15 is 0 Å². The van der Waals surface area contributed by atoms with Crippen LogP contribution in [0.15, 0.2) is 41.6 Å². The predicted octanol–water partition coefficient (Wildman–Crippen LogP) is 0.0315. The number of nitrogens with zero attached hydrogens (tertiary/aromatic N) is 2. The highest BCUT2D eigenvalue weighted by Gasteiger charge is 2.44. The van der Waals surface area contributed by atoms with Gasteiger partial charge in [0.1, 0.15) is 6.10 Å². The summed E-state index contributed by atoms with van der Waals surface area (Å²) in [4.78, 5) is 18.0. The minimum absolute atomic E-state index is 0.113. The molecule has 1 aromatic rings. The molecule has 0 spiro atoms. The van der Waals surface area contributed by atoms with Crippen molar-refractivity contribution >= 4 is 15.7 Å². The van der Waals surface area contributed by atoms with Crippen molar-refractivity contribution in [3.63, 3.8) is 0 Å². The highest BCUT2D eigenvalue weighted by molar-refractivity contribution is 7.92. The smallest absolute Gasteiger partial charge is 0.240 e. The van der Waals surface area contributed by atoms with Crippen molar-refractivity contribution in [3.8, 4) is 0 Å². The molecule has 3 unspecified atom stereocenters. The Balaban J connectivity index is 2.50. The van der Waals surface area contributed by atoms with Crippen LogP contribution in [-0.2, 0) is 14.6 Å². The Bertz CT molecular complexity index is 767. The molecule has 0 aliphatic carbocycles. The van der Waals surface area contributed by atoms with Gasteiger partial charge in [0.05, 0.1) is 12.1 Å². The summed E-state index contributed by atoms with van der Waals surface area (Å²) in [5.74, 6) is -0.355. The van der Waals surface area contributed by atoms with Gasteiger partial charge in [-0.1, -0.05) is 32.1 Å². The third kappa shape index (κ3) is 4.92. The van der Waals surface area contributed by atoms with Crippen LogP contribution in [0.1, 0.15) is 26.7 Å². The van der Waals surface area contributed by atoms with Gasteiger partial charge in [-0.05, 0) is 30.9 Å². The molecule has 1 aliphatic heterocycles. The number of aliphatic hydroxyl groups excluding tert-OH is 1. The van der Waals surface area contributed by atoms with Gasteiger partial charge in [-0.2, -0.15) is 0 Å². The van der Waals surface area contributed by atoms with Crippen LogP contribution in [0.5, 0.6) is 0 Å². The van der Waals surface area contributed by atoms with Crippen LogP contribution in [0.2, 0.25) is 0 Å². The third-order valence-corrected chi connectivity index (χ3v) is 6.46. The summed E-state index contributed by atoms with van der Waals surface area (Å²) in [6.45, 7) is 3.97. The molecule has 0 saturated carbocycles. The molecule has 1 amide bonds. The summed E-state index contributed by atoms with van der Waals surface area (Å²) in [5.41, 5.74) is 12.0. The number of aromatic nitrogens is 1. The fourth-order valence-electron chi connectivity index (χ4n) is 3.13. The number of hydrogen-bond donors (Lipinski definition) is 3. The number of sulfone groups is 1. The van der Waals surface area contributed by atoms with E-state index in [-0.39, 0.29) is 17.5 Å². The van der Waals surface area contributed by atoms with E-state index in [2.05, 4.69) is 4.98 Å². The molecule has 4 atom stereocenters. The number of nitrogens with two attached hydrogens (primary N) is 2. The zero-order chi connectivity index (χ0) is 20.2. The molecule has 0 aromatic carbocycles. The van der Waals surface area contributed by atoms with Crippen LogP contribution < -0.4 is 11.5 Å². The molecule has 150 valence electrons. The van der Waals surface area contributed by atoms with E-state index in [0.717, 1.165) is 4.90 Å². The average molecular weight is 397 g/mol. The second-order valence-electron chi connectivity index (χ2n) is 7.16. The van der Waals surface area contributed by atoms with E-state index in [4.69, 9.17) is 11.5 Å². The standard InChI is InChI=1S/C18H28N4O4S/c1-12(2)11-14(20)17(24)22-10-6-4-7-13(19)16(23)18(22)27(25,26)15-8-3-5-9-21-15/h3-5,7-9,12-14,16,18,23H,6,10-11,19-20H2,1-2H3/t13?,14-,16?,18?/m0/s1. The Labute approximate surface area is 160 Å². The monoisotopic (exact) mass is 396 g/mol. The average Bonchev–Trinajstić information content (AvgIpc) is 2.61. The van der Waals surface area contributed by atoms with Crippen molar-refractivity contribution in [2.24, 2.45) is 17.4 Å². The first-order valence-corrected chi connectivity index (χ1v) is 10.5. The van der Waals surface area contributed by atoms with Crippen LogP contribution in [0.4, 0.5) is 0 Å². The lowest BCUT2D eigenvalue weighted by Gasteiger charge is -2.38. The summed E-state index contributed by atoms with van der Waals surface area (Å²) in [7, 11) is -4.17. The quantitative estimate of drug-likeness (QED) is 0.597. The van der Waals surface area contributed by atoms with Crippen molar-refractivity contribution in [2.75, 3.05) is 6.54 Å². The molecule has 2 heterocycles. The maximum atomic E-state index is 13.2. The molecule has 9 heteroatoms. The van der Waals surface area contributed by atoms with E-state index in [1.165, 1.54) is 18.3 Å². The summed E-state index contributed by atoms with van der Waals surface area (Å²) >= 11 is 0. The Kier molecular flexibility index (Phi) is 7.10. The van der Waals surface area contributed by atoms with Gasteiger partial charge in [0.15, 0.2) is 10.4 Å². The van der Waals surface area contributed by atoms with Crippen molar-refractivity contribution < 1.29 is 18.3 Å². The van der Waals surface area contributed by atoms with Gasteiger partial charge in [0.25, 0.3) is 0 Å². The Hall–Kier alpha value is -1.81. The lowest BCUT2D eigenvalue weighted by Crippen LogP contribution is -2.60. The van der Waals surface area contributed by atoms with Gasteiger partial charge in [0.2, 0.25) is 15.7 Å². The topological polar surface area (TPSA) is 140 Å². The fourth-order valence-corrected chi connectivity index (χ4v) is 4.95. The van der Waals surface area contributed by atoms with Crippen LogP contribution in [0.3, 0.4) is 0 Å². The van der Waals surface area contributed by atoms with E-state index in [1.54, 1.807) is 18.2 Å². The van der Waals surface area contributed by atoms with Gasteiger partial charge in [-0.25, -0.2) is 13.4 Å². The molecule has 0 radical (unpaired) electrons. The first kappa shape index (κ1) is 21.5. The zero-order valence-electron chi connectivity index (χ0n) is 15.6. The minimum atomic E-state index is -4.17. The second kappa shape index (κ2) is 8.92. The Morgan fingerprint density at radius 3 is 2.70 bits per heavy atom. The molecule has 8 nitrogen and oxygen atoms in total. The Morgan fingerprint density at radius 2 is 2.11 bits per heavy atom. The molecule has 0 bridgehead atoms. The van der Waals surface area contributed by atoms with Gasteiger partial charge in [-0.3, -0.25) is 4.79 Å². The van der Waals surface area contributed by atoms with Gasteiger partial charge in [-0.15, -0.1) is 0 Å². The maximum absolute atomic E-state index is 13.2. The highest BCUT2D eigenvalue weighted by atomic mass is 32.2. The van der Waals surface area contributed by atoms with Crippen molar-refractivity contribution in [3.05, 3.63) is 36.5 Å². The van der Waals surface area contributed by atoms with Gasteiger partial charge in [0, 0.05) is 12.7 Å². The molecule has 2 rings (SSSR count). The number of pyridine rings is 1. The van der Waals surface area contributed by atoms with E-state index in [0.29, 0.717) is 12.8 Å². The molecule has 1 aromatic heterocycles. The molecule has 1 aliphatic rings. The molecular formula is C18H28N4O4S. The maximum Gasteiger partial charge on any atom is 0.240 e.